The second kappa shape index (κ2) is 9.35. The van der Waals surface area contributed by atoms with Gasteiger partial charge in [-0.05, 0) is 49.9 Å². The Hall–Kier alpha value is -2.78. The molecule has 1 aliphatic carbocycles. The summed E-state index contributed by atoms with van der Waals surface area (Å²) in [6.07, 6.45) is -5.53. The lowest BCUT2D eigenvalue weighted by Gasteiger charge is -2.28. The highest BCUT2D eigenvalue weighted by molar-refractivity contribution is 14.1. The fraction of sp³-hybridized carbons (Fsp3) is 0.381. The van der Waals surface area contributed by atoms with E-state index in [9.17, 15) is 31.1 Å². The molecule has 186 valence electrons. The Morgan fingerprint density at radius 1 is 1.09 bits per heavy atom. The van der Waals surface area contributed by atoms with Gasteiger partial charge < -0.3 is 4.90 Å². The second-order valence-corrected chi connectivity index (χ2v) is 9.04. The van der Waals surface area contributed by atoms with Crippen molar-refractivity contribution in [3.8, 4) is 5.95 Å². The number of hydrogen-bond donors (Lipinski definition) is 0. The van der Waals surface area contributed by atoms with E-state index in [4.69, 9.17) is 0 Å². The summed E-state index contributed by atoms with van der Waals surface area (Å²) in [5, 5.41) is 4.34. The Balaban J connectivity index is 1.72. The van der Waals surface area contributed by atoms with Crippen LogP contribution < -0.4 is 0 Å². The molecule has 1 saturated carbocycles. The zero-order valence-corrected chi connectivity index (χ0v) is 20.1. The topological polar surface area (TPSA) is 76.8 Å². The standard InChI is InChI=1S/C21H17F6IN6O/c1-11(16-31-18(28)34(32-16)19-29-5-2-6-30-19)33(10-12-3-4-12)17(35)13-7-14(20(22,23)24)9-15(8-13)21(25,26)27/h2,5-9,11-12H,3-4,10H2,1H3. The zero-order valence-electron chi connectivity index (χ0n) is 18.0. The maximum atomic E-state index is 13.3. The van der Waals surface area contributed by atoms with Crippen molar-refractivity contribution < 1.29 is 31.1 Å². The number of carbonyl (C=O) groups is 1. The molecule has 0 bridgehead atoms. The van der Waals surface area contributed by atoms with E-state index in [2.05, 4.69) is 20.1 Å². The van der Waals surface area contributed by atoms with Crippen molar-refractivity contribution in [1.82, 2.24) is 29.6 Å². The largest absolute Gasteiger partial charge is 0.416 e. The minimum atomic E-state index is -5.06. The first kappa shape index (κ1) is 25.3. The van der Waals surface area contributed by atoms with E-state index < -0.39 is 41.0 Å². The Labute approximate surface area is 208 Å². The number of nitrogens with zero attached hydrogens (tertiary/aromatic N) is 6. The van der Waals surface area contributed by atoms with Crippen LogP contribution in [0.5, 0.6) is 0 Å². The van der Waals surface area contributed by atoms with Gasteiger partial charge in [0.05, 0.1) is 17.2 Å². The number of rotatable bonds is 6. The Morgan fingerprint density at radius 3 is 2.17 bits per heavy atom. The molecule has 3 aromatic rings. The molecule has 0 N–H and O–H groups in total. The molecule has 2 heterocycles. The molecule has 7 nitrogen and oxygen atoms in total. The lowest BCUT2D eigenvalue weighted by molar-refractivity contribution is -0.143. The molecule has 0 radical (unpaired) electrons. The van der Waals surface area contributed by atoms with Gasteiger partial charge in [0.15, 0.2) is 9.66 Å². The molecule has 1 aliphatic rings. The van der Waals surface area contributed by atoms with E-state index in [1.807, 2.05) is 22.6 Å². The monoisotopic (exact) mass is 610 g/mol. The van der Waals surface area contributed by atoms with Crippen molar-refractivity contribution in [3.63, 3.8) is 0 Å². The highest BCUT2D eigenvalue weighted by Crippen LogP contribution is 2.38. The van der Waals surface area contributed by atoms with Crippen LogP contribution in [0.4, 0.5) is 26.3 Å². The Kier molecular flexibility index (Phi) is 6.76. The fourth-order valence-electron chi connectivity index (χ4n) is 3.39. The summed E-state index contributed by atoms with van der Waals surface area (Å²) in [6, 6.07) is 1.65. The van der Waals surface area contributed by atoms with Crippen molar-refractivity contribution in [2.75, 3.05) is 6.54 Å². The van der Waals surface area contributed by atoms with E-state index >= 15 is 0 Å². The highest BCUT2D eigenvalue weighted by atomic mass is 127. The number of benzene rings is 1. The lowest BCUT2D eigenvalue weighted by Crippen LogP contribution is -2.36. The van der Waals surface area contributed by atoms with Gasteiger partial charge in [0.25, 0.3) is 11.9 Å². The summed E-state index contributed by atoms with van der Waals surface area (Å²) in [4.78, 5) is 27.1. The molecule has 1 unspecified atom stereocenters. The van der Waals surface area contributed by atoms with E-state index in [-0.39, 0.29) is 30.3 Å². The quantitative estimate of drug-likeness (QED) is 0.280. The fourth-order valence-corrected chi connectivity index (χ4v) is 3.96. The summed E-state index contributed by atoms with van der Waals surface area (Å²) in [5.74, 6) is -0.509. The van der Waals surface area contributed by atoms with Crippen LogP contribution >= 0.6 is 22.6 Å². The van der Waals surface area contributed by atoms with Crippen LogP contribution in [-0.4, -0.2) is 42.1 Å². The summed E-state index contributed by atoms with van der Waals surface area (Å²) < 4.78 is 81.6. The molecule has 4 rings (SSSR count). The smallest absolute Gasteiger partial charge is 0.328 e. The number of alkyl halides is 6. The van der Waals surface area contributed by atoms with Crippen LogP contribution in [0, 0.1) is 9.75 Å². The van der Waals surface area contributed by atoms with E-state index in [0.29, 0.717) is 16.0 Å². The maximum absolute atomic E-state index is 13.3. The molecular weight excluding hydrogens is 593 g/mol. The maximum Gasteiger partial charge on any atom is 0.416 e. The number of halogens is 7. The molecule has 14 heteroatoms. The van der Waals surface area contributed by atoms with Gasteiger partial charge in [-0.1, -0.05) is 0 Å². The molecule has 35 heavy (non-hydrogen) atoms. The van der Waals surface area contributed by atoms with Crippen LogP contribution in [0.1, 0.15) is 53.1 Å². The minimum absolute atomic E-state index is 0.00309. The molecule has 0 saturated heterocycles. The van der Waals surface area contributed by atoms with Crippen LogP contribution in [-0.2, 0) is 12.4 Å². The minimum Gasteiger partial charge on any atom is -0.328 e. The molecule has 1 aromatic carbocycles. The predicted molar refractivity (Wildman–Crippen MR) is 118 cm³/mol. The SMILES string of the molecule is CC(c1nc(I)n(-c2ncccn2)n1)N(CC1CC1)C(=O)c1cc(C(F)(F)F)cc(C(F)(F)F)c1. The van der Waals surface area contributed by atoms with Gasteiger partial charge in [-0.3, -0.25) is 4.79 Å². The van der Waals surface area contributed by atoms with Crippen molar-refractivity contribution in [2.24, 2.45) is 5.92 Å². The number of hydrogen-bond acceptors (Lipinski definition) is 5. The average molecular weight is 610 g/mol. The predicted octanol–water partition coefficient (Wildman–Crippen LogP) is 5.31. The third-order valence-electron chi connectivity index (χ3n) is 5.41. The second-order valence-electron chi connectivity index (χ2n) is 8.07. The summed E-state index contributed by atoms with van der Waals surface area (Å²) in [5.41, 5.74) is -3.80. The number of carbonyl (C=O) groups excluding carboxylic acids is 1. The molecule has 0 aliphatic heterocycles. The van der Waals surface area contributed by atoms with E-state index in [1.54, 1.807) is 13.0 Å². The lowest BCUT2D eigenvalue weighted by atomic mass is 10.0. The number of aromatic nitrogens is 5. The Bertz CT molecular complexity index is 1190. The van der Waals surface area contributed by atoms with Gasteiger partial charge in [0.2, 0.25) is 0 Å². The zero-order chi connectivity index (χ0) is 25.5. The van der Waals surface area contributed by atoms with Crippen LogP contribution in [0.25, 0.3) is 5.95 Å². The highest BCUT2D eigenvalue weighted by Gasteiger charge is 2.39. The van der Waals surface area contributed by atoms with Crippen molar-refractivity contribution in [2.45, 2.75) is 38.2 Å². The van der Waals surface area contributed by atoms with Gasteiger partial charge in [0.1, 0.15) is 0 Å². The molecular formula is C21H17F6IN6O. The van der Waals surface area contributed by atoms with Crippen LogP contribution in [0.3, 0.4) is 0 Å². The van der Waals surface area contributed by atoms with Crippen molar-refractivity contribution in [3.05, 3.63) is 63.0 Å². The molecule has 1 atom stereocenters. The summed E-state index contributed by atoms with van der Waals surface area (Å²) in [6.45, 7) is 1.71. The van der Waals surface area contributed by atoms with Gasteiger partial charge in [-0.2, -0.15) is 31.0 Å². The summed E-state index contributed by atoms with van der Waals surface area (Å²) >= 11 is 1.89. The van der Waals surface area contributed by atoms with Crippen LogP contribution in [0.15, 0.2) is 36.7 Å². The van der Waals surface area contributed by atoms with Crippen molar-refractivity contribution in [1.29, 1.82) is 0 Å². The third-order valence-corrected chi connectivity index (χ3v) is 6.11. The van der Waals surface area contributed by atoms with Crippen molar-refractivity contribution >= 4 is 28.5 Å². The van der Waals surface area contributed by atoms with Gasteiger partial charge in [-0.15, -0.1) is 5.10 Å². The summed E-state index contributed by atoms with van der Waals surface area (Å²) in [7, 11) is 0. The average Bonchev–Trinajstić information content (AvgIpc) is 3.54. The van der Waals surface area contributed by atoms with Gasteiger partial charge in [-0.25, -0.2) is 15.0 Å². The van der Waals surface area contributed by atoms with Gasteiger partial charge >= 0.3 is 12.4 Å². The first-order valence-electron chi connectivity index (χ1n) is 10.3. The Morgan fingerprint density at radius 2 is 1.66 bits per heavy atom. The molecule has 1 amide bonds. The molecule has 0 spiro atoms. The van der Waals surface area contributed by atoms with E-state index in [0.717, 1.165) is 12.8 Å². The first-order chi connectivity index (χ1) is 16.3. The van der Waals surface area contributed by atoms with E-state index in [1.165, 1.54) is 22.0 Å². The van der Waals surface area contributed by atoms with Gasteiger partial charge in [0, 0.05) is 47.1 Å². The number of amides is 1. The molecule has 1 fully saturated rings. The normalized spacial score (nSPS) is 15.2. The first-order valence-corrected chi connectivity index (χ1v) is 11.4. The third kappa shape index (κ3) is 5.73. The van der Waals surface area contributed by atoms with Crippen LogP contribution in [0.2, 0.25) is 0 Å². The molecule has 2 aromatic heterocycles.